The van der Waals surface area contributed by atoms with Crippen molar-refractivity contribution in [2.24, 2.45) is 5.92 Å². The summed E-state index contributed by atoms with van der Waals surface area (Å²) >= 11 is 0. The number of carbonyl (C=O) groups excluding carboxylic acids is 1. The summed E-state index contributed by atoms with van der Waals surface area (Å²) in [7, 11) is 0. The predicted octanol–water partition coefficient (Wildman–Crippen LogP) is 2.20. The average molecular weight is 194 g/mol. The van der Waals surface area contributed by atoms with E-state index >= 15 is 0 Å². The molecule has 5 heteroatoms. The van der Waals surface area contributed by atoms with Crippen molar-refractivity contribution in [2.45, 2.75) is 11.8 Å². The number of rotatable bonds is 1. The van der Waals surface area contributed by atoms with Crippen LogP contribution in [0.3, 0.4) is 0 Å². The molecule has 0 bridgehead atoms. The van der Waals surface area contributed by atoms with E-state index in [2.05, 4.69) is 0 Å². The number of aldehydes is 1. The van der Waals surface area contributed by atoms with Crippen LogP contribution in [0.25, 0.3) is 0 Å². The lowest BCUT2D eigenvalue weighted by Crippen LogP contribution is -2.46. The van der Waals surface area contributed by atoms with E-state index < -0.39 is 17.8 Å². The smallest absolute Gasteiger partial charge is 0.303 e. The van der Waals surface area contributed by atoms with Gasteiger partial charge in [0.25, 0.3) is 0 Å². The van der Waals surface area contributed by atoms with Crippen LogP contribution in [0.5, 0.6) is 0 Å². The van der Waals surface area contributed by atoms with Crippen LogP contribution in [0, 0.1) is 5.92 Å². The van der Waals surface area contributed by atoms with Gasteiger partial charge >= 0.3 is 6.18 Å². The highest BCUT2D eigenvalue weighted by Crippen LogP contribution is 2.42. The second kappa shape index (κ2) is 2.97. The normalized spacial score (nSPS) is 33.4. The molecule has 0 aromatic rings. The van der Waals surface area contributed by atoms with Crippen molar-refractivity contribution in [3.63, 3.8) is 0 Å². The lowest BCUT2D eigenvalue weighted by molar-refractivity contribution is -0.221. The molecule has 0 saturated heterocycles. The lowest BCUT2D eigenvalue weighted by Gasteiger charge is -2.29. The van der Waals surface area contributed by atoms with Gasteiger partial charge in [0, 0.05) is 0 Å². The van der Waals surface area contributed by atoms with Gasteiger partial charge in [-0.15, -0.1) is 0 Å². The van der Waals surface area contributed by atoms with Crippen LogP contribution >= 0.6 is 0 Å². The summed E-state index contributed by atoms with van der Waals surface area (Å²) in [5, 5.41) is 0. The van der Waals surface area contributed by atoms with Gasteiger partial charge in [-0.1, -0.05) is 18.2 Å². The van der Waals surface area contributed by atoms with E-state index in [0.29, 0.717) is 6.08 Å². The van der Waals surface area contributed by atoms with Gasteiger partial charge in [0.05, 0.1) is 5.92 Å². The first-order valence-corrected chi connectivity index (χ1v) is 3.49. The van der Waals surface area contributed by atoms with Gasteiger partial charge in [0.2, 0.25) is 5.67 Å². The number of halogens is 4. The Labute approximate surface area is 71.7 Å². The third-order valence-electron chi connectivity index (χ3n) is 1.83. The fourth-order valence-corrected chi connectivity index (χ4v) is 1.06. The van der Waals surface area contributed by atoms with E-state index in [1.165, 1.54) is 6.08 Å². The minimum Gasteiger partial charge on any atom is -0.303 e. The average Bonchev–Trinajstić information content (AvgIpc) is 2.03. The third-order valence-corrected chi connectivity index (χ3v) is 1.83. The second-order valence-electron chi connectivity index (χ2n) is 2.67. The van der Waals surface area contributed by atoms with Crippen LogP contribution in [-0.2, 0) is 4.79 Å². The third kappa shape index (κ3) is 1.50. The Morgan fingerprint density at radius 2 is 1.92 bits per heavy atom. The molecule has 72 valence electrons. The van der Waals surface area contributed by atoms with Crippen LogP contribution in [0.2, 0.25) is 0 Å². The van der Waals surface area contributed by atoms with Crippen LogP contribution in [-0.4, -0.2) is 18.1 Å². The molecule has 2 atom stereocenters. The second-order valence-corrected chi connectivity index (χ2v) is 2.67. The molecule has 1 nitrogen and oxygen atoms in total. The first-order chi connectivity index (χ1) is 5.92. The Balaban J connectivity index is 3.07. The van der Waals surface area contributed by atoms with E-state index in [1.807, 2.05) is 0 Å². The van der Waals surface area contributed by atoms with Crippen LogP contribution < -0.4 is 0 Å². The largest absolute Gasteiger partial charge is 0.427 e. The topological polar surface area (TPSA) is 17.1 Å². The maximum absolute atomic E-state index is 13.2. The highest BCUT2D eigenvalue weighted by Gasteiger charge is 2.58. The summed E-state index contributed by atoms with van der Waals surface area (Å²) in [6, 6.07) is 0. The molecule has 1 aliphatic rings. The molecule has 0 aromatic heterocycles. The minimum atomic E-state index is -5.06. The zero-order chi connectivity index (χ0) is 10.1. The van der Waals surface area contributed by atoms with Gasteiger partial charge in [0.1, 0.15) is 6.29 Å². The Morgan fingerprint density at radius 3 is 2.31 bits per heavy atom. The highest BCUT2D eigenvalue weighted by molar-refractivity contribution is 5.61. The molecule has 0 fully saturated rings. The fraction of sp³-hybridized carbons (Fsp3) is 0.375. The van der Waals surface area contributed by atoms with Crippen molar-refractivity contribution in [1.82, 2.24) is 0 Å². The number of hydrogen-bond acceptors (Lipinski definition) is 1. The summed E-state index contributed by atoms with van der Waals surface area (Å²) in [5.74, 6) is -1.78. The molecule has 0 saturated carbocycles. The quantitative estimate of drug-likeness (QED) is 0.462. The first-order valence-electron chi connectivity index (χ1n) is 3.49. The summed E-state index contributed by atoms with van der Waals surface area (Å²) < 4.78 is 49.7. The van der Waals surface area contributed by atoms with Crippen molar-refractivity contribution >= 4 is 6.29 Å². The van der Waals surface area contributed by atoms with Crippen molar-refractivity contribution in [3.8, 4) is 0 Å². The number of carbonyl (C=O) groups is 1. The van der Waals surface area contributed by atoms with Gasteiger partial charge in [-0.25, -0.2) is 4.39 Å². The standard InChI is InChI=1S/C8H6F4O/c9-7(8(10,11)12)4-2-1-3-6(7)5-13/h1-6H. The van der Waals surface area contributed by atoms with Crippen molar-refractivity contribution < 1.29 is 22.4 Å². The summed E-state index contributed by atoms with van der Waals surface area (Å²) in [5.41, 5.74) is -3.55. The molecule has 0 aliphatic heterocycles. The summed E-state index contributed by atoms with van der Waals surface area (Å²) in [4.78, 5) is 10.2. The predicted molar refractivity (Wildman–Crippen MR) is 37.7 cm³/mol. The van der Waals surface area contributed by atoms with Crippen LogP contribution in [0.15, 0.2) is 24.3 Å². The van der Waals surface area contributed by atoms with Gasteiger partial charge in [-0.3, -0.25) is 0 Å². The van der Waals surface area contributed by atoms with Crippen molar-refractivity contribution in [3.05, 3.63) is 24.3 Å². The summed E-state index contributed by atoms with van der Waals surface area (Å²) in [6.07, 6.45) is -1.71. The number of alkyl halides is 4. The van der Waals surface area contributed by atoms with Gasteiger partial charge in [-0.2, -0.15) is 13.2 Å². The molecule has 0 N–H and O–H groups in total. The number of hydrogen-bond donors (Lipinski definition) is 0. The molecular formula is C8H6F4O. The lowest BCUT2D eigenvalue weighted by atomic mass is 9.86. The monoisotopic (exact) mass is 194 g/mol. The molecule has 0 heterocycles. The van der Waals surface area contributed by atoms with Gasteiger partial charge in [-0.05, 0) is 6.08 Å². The van der Waals surface area contributed by atoms with Crippen molar-refractivity contribution in [2.75, 3.05) is 0 Å². The van der Waals surface area contributed by atoms with Crippen LogP contribution in [0.1, 0.15) is 0 Å². The summed E-state index contributed by atoms with van der Waals surface area (Å²) in [6.45, 7) is 0. The Bertz CT molecular complexity index is 266. The Hall–Kier alpha value is -1.13. The molecule has 2 unspecified atom stereocenters. The van der Waals surface area contributed by atoms with Gasteiger partial charge in [0.15, 0.2) is 0 Å². The maximum Gasteiger partial charge on any atom is 0.427 e. The first kappa shape index (κ1) is 9.95. The zero-order valence-electron chi connectivity index (χ0n) is 6.38. The molecule has 0 amide bonds. The molecule has 13 heavy (non-hydrogen) atoms. The van der Waals surface area contributed by atoms with E-state index in [9.17, 15) is 22.4 Å². The molecule has 1 rings (SSSR count). The minimum absolute atomic E-state index is 0.0481. The van der Waals surface area contributed by atoms with Crippen molar-refractivity contribution in [1.29, 1.82) is 0 Å². The molecule has 1 aliphatic carbocycles. The molecule has 0 radical (unpaired) electrons. The maximum atomic E-state index is 13.2. The van der Waals surface area contributed by atoms with Crippen LogP contribution in [0.4, 0.5) is 17.6 Å². The van der Waals surface area contributed by atoms with Gasteiger partial charge < -0.3 is 4.79 Å². The molecular weight excluding hydrogens is 188 g/mol. The molecule has 0 spiro atoms. The van der Waals surface area contributed by atoms with E-state index in [-0.39, 0.29) is 6.29 Å². The SMILES string of the molecule is O=CC1C=CC=CC1(F)C(F)(F)F. The van der Waals surface area contributed by atoms with E-state index in [0.717, 1.165) is 12.2 Å². The van der Waals surface area contributed by atoms with E-state index in [4.69, 9.17) is 0 Å². The highest BCUT2D eigenvalue weighted by atomic mass is 19.4. The zero-order valence-corrected chi connectivity index (χ0v) is 6.38. The Morgan fingerprint density at radius 1 is 1.31 bits per heavy atom. The number of allylic oxidation sites excluding steroid dienone is 4. The Kier molecular flexibility index (Phi) is 2.28. The molecule has 0 aromatic carbocycles. The van der Waals surface area contributed by atoms with E-state index in [1.54, 1.807) is 0 Å². The fourth-order valence-electron chi connectivity index (χ4n) is 1.06.